The number of aromatic nitrogens is 1. The number of para-hydroxylation sites is 2. The van der Waals surface area contributed by atoms with Gasteiger partial charge in [-0.25, -0.2) is 4.99 Å². The molecule has 4 nitrogen and oxygen atoms in total. The molecule has 5 rings (SSSR count). The van der Waals surface area contributed by atoms with Crippen LogP contribution in [0.1, 0.15) is 11.3 Å². The molecule has 0 radical (unpaired) electrons. The fourth-order valence-electron chi connectivity index (χ4n) is 3.67. The van der Waals surface area contributed by atoms with E-state index in [1.807, 2.05) is 0 Å². The Labute approximate surface area is 153 Å². The molecule has 128 valence electrons. The first kappa shape index (κ1) is 16.2. The van der Waals surface area contributed by atoms with Gasteiger partial charge in [-0.05, 0) is 23.8 Å². The lowest BCUT2D eigenvalue weighted by Gasteiger charge is -2.29. The van der Waals surface area contributed by atoms with Gasteiger partial charge in [-0.2, -0.15) is 0 Å². The van der Waals surface area contributed by atoms with Gasteiger partial charge in [-0.3, -0.25) is 0 Å². The first-order valence-electron chi connectivity index (χ1n) is 8.48. The Morgan fingerprint density at radius 2 is 1.68 bits per heavy atom. The van der Waals surface area contributed by atoms with Crippen molar-refractivity contribution >= 4 is 34.8 Å². The third-order valence-electron chi connectivity index (χ3n) is 4.90. The molecule has 0 aliphatic carbocycles. The zero-order valence-corrected chi connectivity index (χ0v) is 14.7. The van der Waals surface area contributed by atoms with E-state index in [0.717, 1.165) is 44.4 Å². The maximum absolute atomic E-state index is 5.53. The molecule has 1 aromatic heterocycles. The Kier molecular flexibility index (Phi) is 4.24. The lowest BCUT2D eigenvalue weighted by molar-refractivity contribution is 0.0682. The highest BCUT2D eigenvalue weighted by molar-refractivity contribution is 6.04. The van der Waals surface area contributed by atoms with Crippen molar-refractivity contribution in [2.75, 3.05) is 26.3 Å². The second-order valence-electron chi connectivity index (χ2n) is 6.34. The van der Waals surface area contributed by atoms with Gasteiger partial charge in [0.2, 0.25) is 0 Å². The predicted molar refractivity (Wildman–Crippen MR) is 103 cm³/mol. The van der Waals surface area contributed by atoms with Gasteiger partial charge in [0.1, 0.15) is 0 Å². The van der Waals surface area contributed by atoms with Crippen LogP contribution in [0.15, 0.2) is 59.6 Å². The summed E-state index contributed by atoms with van der Waals surface area (Å²) in [7, 11) is 0. The van der Waals surface area contributed by atoms with Crippen molar-refractivity contribution in [3.63, 3.8) is 0 Å². The van der Waals surface area contributed by atoms with Crippen LogP contribution in [-0.2, 0) is 11.3 Å². The van der Waals surface area contributed by atoms with Gasteiger partial charge in [-0.15, -0.1) is 12.4 Å². The number of halogens is 1. The number of ether oxygens (including phenoxy) is 1. The highest BCUT2D eigenvalue weighted by atomic mass is 35.5. The molecular formula is C20H20ClN3O. The molecule has 0 unspecified atom stereocenters. The first-order chi connectivity index (χ1) is 11.9. The molecule has 0 atom stereocenters. The lowest BCUT2D eigenvalue weighted by atomic mass is 10.2. The van der Waals surface area contributed by atoms with E-state index in [4.69, 9.17) is 9.73 Å². The molecule has 5 heteroatoms. The third kappa shape index (κ3) is 2.71. The monoisotopic (exact) mass is 353 g/mol. The summed E-state index contributed by atoms with van der Waals surface area (Å²) in [6.07, 6.45) is 0. The van der Waals surface area contributed by atoms with Crippen LogP contribution in [0.3, 0.4) is 0 Å². The number of amidine groups is 1. The van der Waals surface area contributed by atoms with Gasteiger partial charge in [0.15, 0.2) is 5.84 Å². The summed E-state index contributed by atoms with van der Waals surface area (Å²) in [5.41, 5.74) is 4.81. The maximum atomic E-state index is 5.53. The van der Waals surface area contributed by atoms with E-state index in [0.29, 0.717) is 0 Å². The minimum Gasteiger partial charge on any atom is -0.378 e. The van der Waals surface area contributed by atoms with E-state index in [1.54, 1.807) is 0 Å². The number of nitrogens with zero attached hydrogens (tertiary/aromatic N) is 3. The largest absolute Gasteiger partial charge is 0.378 e. The Morgan fingerprint density at radius 1 is 0.920 bits per heavy atom. The van der Waals surface area contributed by atoms with E-state index < -0.39 is 0 Å². The van der Waals surface area contributed by atoms with Crippen molar-refractivity contribution in [2.45, 2.75) is 6.54 Å². The summed E-state index contributed by atoms with van der Waals surface area (Å²) in [6.45, 7) is 4.17. The normalized spacial score (nSPS) is 16.5. The van der Waals surface area contributed by atoms with Gasteiger partial charge >= 0.3 is 0 Å². The minimum atomic E-state index is 0. The second kappa shape index (κ2) is 6.54. The minimum absolute atomic E-state index is 0. The van der Waals surface area contributed by atoms with Crippen LogP contribution in [0.25, 0.3) is 10.9 Å². The fraction of sp³-hybridized carbons (Fsp3) is 0.250. The Morgan fingerprint density at radius 3 is 2.56 bits per heavy atom. The van der Waals surface area contributed by atoms with Gasteiger partial charge in [0.05, 0.1) is 31.1 Å². The standard InChI is InChI=1S/C20H19N3O.ClH/c1-3-7-17-16(6-1)14-23-18-8-4-2-5-15(18)13-19(23)20(21-17)22-9-11-24-12-10-22;/h1-8,13H,9-12,14H2;1H. The molecule has 2 aliphatic rings. The van der Waals surface area contributed by atoms with Crippen molar-refractivity contribution in [3.05, 3.63) is 65.9 Å². The number of morpholine rings is 1. The SMILES string of the molecule is Cl.c1ccc2c(c1)Cn1c(cc3ccccc31)C(N1CCOCC1)=N2. The summed E-state index contributed by atoms with van der Waals surface area (Å²) < 4.78 is 7.93. The third-order valence-corrected chi connectivity index (χ3v) is 4.90. The van der Waals surface area contributed by atoms with Crippen LogP contribution < -0.4 is 0 Å². The van der Waals surface area contributed by atoms with Crippen LogP contribution >= 0.6 is 12.4 Å². The van der Waals surface area contributed by atoms with Crippen LogP contribution in [0.2, 0.25) is 0 Å². The Bertz CT molecular complexity index is 941. The van der Waals surface area contributed by atoms with E-state index in [-0.39, 0.29) is 12.4 Å². The van der Waals surface area contributed by atoms with Crippen LogP contribution in [0.5, 0.6) is 0 Å². The van der Waals surface area contributed by atoms with Gasteiger partial charge in [0.25, 0.3) is 0 Å². The van der Waals surface area contributed by atoms with Crippen LogP contribution in [0.4, 0.5) is 5.69 Å². The average molecular weight is 354 g/mol. The van der Waals surface area contributed by atoms with E-state index >= 15 is 0 Å². The quantitative estimate of drug-likeness (QED) is 0.614. The molecular weight excluding hydrogens is 334 g/mol. The number of rotatable bonds is 0. The lowest BCUT2D eigenvalue weighted by Crippen LogP contribution is -2.41. The predicted octanol–water partition coefficient (Wildman–Crippen LogP) is 3.84. The van der Waals surface area contributed by atoms with Crippen molar-refractivity contribution < 1.29 is 4.74 Å². The summed E-state index contributed by atoms with van der Waals surface area (Å²) >= 11 is 0. The average Bonchev–Trinajstić information content (AvgIpc) is 2.91. The summed E-state index contributed by atoms with van der Waals surface area (Å²) in [6, 6.07) is 19.3. The van der Waals surface area contributed by atoms with Gasteiger partial charge in [-0.1, -0.05) is 36.4 Å². The zero-order chi connectivity index (χ0) is 15.9. The number of benzene rings is 2. The number of fused-ring (bicyclic) bond motifs is 4. The molecule has 0 amide bonds. The highest BCUT2D eigenvalue weighted by Crippen LogP contribution is 2.30. The van der Waals surface area contributed by atoms with E-state index in [1.165, 1.54) is 22.2 Å². The molecule has 2 aromatic carbocycles. The van der Waals surface area contributed by atoms with Crippen molar-refractivity contribution in [1.29, 1.82) is 0 Å². The zero-order valence-electron chi connectivity index (χ0n) is 13.9. The topological polar surface area (TPSA) is 29.8 Å². The maximum Gasteiger partial charge on any atom is 0.153 e. The number of hydrogen-bond acceptors (Lipinski definition) is 3. The van der Waals surface area contributed by atoms with Gasteiger partial charge < -0.3 is 14.2 Å². The molecule has 0 N–H and O–H groups in total. The van der Waals surface area contributed by atoms with Crippen molar-refractivity contribution in [2.24, 2.45) is 4.99 Å². The Balaban J connectivity index is 0.00000157. The second-order valence-corrected chi connectivity index (χ2v) is 6.34. The molecule has 3 aromatic rings. The summed E-state index contributed by atoms with van der Waals surface area (Å²) in [5.74, 6) is 1.07. The summed E-state index contributed by atoms with van der Waals surface area (Å²) in [4.78, 5) is 7.42. The molecule has 25 heavy (non-hydrogen) atoms. The van der Waals surface area contributed by atoms with Crippen LogP contribution in [0, 0.1) is 0 Å². The van der Waals surface area contributed by atoms with E-state index in [9.17, 15) is 0 Å². The molecule has 0 spiro atoms. The molecule has 0 saturated carbocycles. The van der Waals surface area contributed by atoms with Gasteiger partial charge in [0, 0.05) is 24.0 Å². The van der Waals surface area contributed by atoms with Crippen molar-refractivity contribution in [1.82, 2.24) is 9.47 Å². The summed E-state index contributed by atoms with van der Waals surface area (Å²) in [5, 5.41) is 1.27. The highest BCUT2D eigenvalue weighted by Gasteiger charge is 2.24. The number of hydrogen-bond donors (Lipinski definition) is 0. The van der Waals surface area contributed by atoms with E-state index in [2.05, 4.69) is 64.1 Å². The molecule has 0 bridgehead atoms. The Hall–Kier alpha value is -2.30. The molecule has 2 aliphatic heterocycles. The molecule has 1 fully saturated rings. The number of aliphatic imine (C=N–C) groups is 1. The van der Waals surface area contributed by atoms with Crippen LogP contribution in [-0.4, -0.2) is 41.6 Å². The van der Waals surface area contributed by atoms with Crippen molar-refractivity contribution in [3.8, 4) is 0 Å². The smallest absolute Gasteiger partial charge is 0.153 e. The fourth-order valence-corrected chi connectivity index (χ4v) is 3.67. The molecule has 1 saturated heterocycles. The first-order valence-corrected chi connectivity index (χ1v) is 8.48. The molecule has 3 heterocycles.